The second kappa shape index (κ2) is 11.0. The molecule has 0 aliphatic carbocycles. The van der Waals surface area contributed by atoms with Crippen LogP contribution in [0, 0.1) is 0 Å². The average Bonchev–Trinajstić information content (AvgIpc) is 3.31. The molecule has 1 unspecified atom stereocenters. The highest BCUT2D eigenvalue weighted by atomic mass is 19.4. The molecule has 0 saturated carbocycles. The number of benzene rings is 2. The first-order valence-corrected chi connectivity index (χ1v) is 10.5. The maximum atomic E-state index is 12.7. The Morgan fingerprint density at radius 1 is 1.12 bits per heavy atom. The van der Waals surface area contributed by atoms with Crippen molar-refractivity contribution in [3.63, 3.8) is 0 Å². The zero-order chi connectivity index (χ0) is 23.0. The Bertz CT molecular complexity index is 924. The highest BCUT2D eigenvalue weighted by molar-refractivity contribution is 5.94. The lowest BCUT2D eigenvalue weighted by Crippen LogP contribution is -2.36. The maximum absolute atomic E-state index is 12.7. The van der Waals surface area contributed by atoms with E-state index in [0.717, 1.165) is 30.5 Å². The molecule has 1 aliphatic heterocycles. The third kappa shape index (κ3) is 6.98. The van der Waals surface area contributed by atoms with Crippen LogP contribution in [0.1, 0.15) is 36.5 Å². The third-order valence-corrected chi connectivity index (χ3v) is 4.92. The molecule has 172 valence electrons. The number of anilines is 1. The minimum Gasteiger partial charge on any atom is -0.368 e. The summed E-state index contributed by atoms with van der Waals surface area (Å²) in [5.41, 5.74) is 1.62. The summed E-state index contributed by atoms with van der Waals surface area (Å²) in [6.45, 7) is 3.87. The van der Waals surface area contributed by atoms with Gasteiger partial charge < -0.3 is 20.7 Å². The van der Waals surface area contributed by atoms with Crippen LogP contribution in [0.3, 0.4) is 0 Å². The fraction of sp³-hybridized carbons (Fsp3) is 0.391. The maximum Gasteiger partial charge on any atom is 0.416 e. The number of alkyl halides is 3. The molecule has 0 spiro atoms. The second-order valence-electron chi connectivity index (χ2n) is 7.43. The van der Waals surface area contributed by atoms with Crippen LogP contribution in [0.5, 0.6) is 0 Å². The number of aliphatic imine (C=N–C) groups is 1. The van der Waals surface area contributed by atoms with Crippen LogP contribution in [0.4, 0.5) is 18.9 Å². The number of halogens is 3. The fourth-order valence-electron chi connectivity index (χ4n) is 3.26. The van der Waals surface area contributed by atoms with Gasteiger partial charge in [0, 0.05) is 25.4 Å². The first kappa shape index (κ1) is 23.6. The molecule has 0 radical (unpaired) electrons. The van der Waals surface area contributed by atoms with E-state index < -0.39 is 17.8 Å². The Morgan fingerprint density at radius 3 is 2.56 bits per heavy atom. The van der Waals surface area contributed by atoms with Gasteiger partial charge in [0.2, 0.25) is 0 Å². The summed E-state index contributed by atoms with van der Waals surface area (Å²) in [7, 11) is 0. The Labute approximate surface area is 185 Å². The van der Waals surface area contributed by atoms with E-state index >= 15 is 0 Å². The van der Waals surface area contributed by atoms with Crippen molar-refractivity contribution in [2.24, 2.45) is 4.99 Å². The molecule has 32 heavy (non-hydrogen) atoms. The van der Waals surface area contributed by atoms with Gasteiger partial charge in [-0.15, -0.1) is 0 Å². The van der Waals surface area contributed by atoms with E-state index in [2.05, 4.69) is 20.9 Å². The lowest BCUT2D eigenvalue weighted by atomic mass is 10.1. The molecule has 6 nitrogen and oxygen atoms in total. The Kier molecular flexibility index (Phi) is 8.10. The molecule has 3 N–H and O–H groups in total. The number of nitrogens with zero attached hydrogens (tertiary/aromatic N) is 1. The molecule has 1 atom stereocenters. The highest BCUT2D eigenvalue weighted by Crippen LogP contribution is 2.29. The minimum atomic E-state index is -4.35. The molecule has 1 heterocycles. The molecule has 0 aromatic heterocycles. The van der Waals surface area contributed by atoms with Gasteiger partial charge in [-0.05, 0) is 55.2 Å². The first-order chi connectivity index (χ1) is 15.3. The van der Waals surface area contributed by atoms with Gasteiger partial charge in [-0.1, -0.05) is 24.3 Å². The number of rotatable bonds is 7. The van der Waals surface area contributed by atoms with E-state index in [1.54, 1.807) is 0 Å². The van der Waals surface area contributed by atoms with Crippen molar-refractivity contribution < 1.29 is 22.7 Å². The van der Waals surface area contributed by atoms with E-state index in [9.17, 15) is 18.0 Å². The number of carbonyl (C=O) groups is 1. The van der Waals surface area contributed by atoms with Crippen molar-refractivity contribution in [3.8, 4) is 0 Å². The molecule has 0 bridgehead atoms. The minimum absolute atomic E-state index is 0.144. The predicted octanol–water partition coefficient (Wildman–Crippen LogP) is 4.08. The van der Waals surface area contributed by atoms with Crippen LogP contribution in [-0.4, -0.2) is 31.1 Å². The SMILES string of the molecule is CCNC(=NCc1cccc(NC(=O)C2CCCO2)c1)NCc1ccc(C(F)(F)F)cc1. The monoisotopic (exact) mass is 448 g/mol. The predicted molar refractivity (Wildman–Crippen MR) is 117 cm³/mol. The van der Waals surface area contributed by atoms with Crippen molar-refractivity contribution in [1.82, 2.24) is 10.6 Å². The lowest BCUT2D eigenvalue weighted by molar-refractivity contribution is -0.137. The molecule has 1 aliphatic rings. The molecule has 1 amide bonds. The van der Waals surface area contributed by atoms with Gasteiger partial charge in [0.1, 0.15) is 6.10 Å². The van der Waals surface area contributed by atoms with Gasteiger partial charge in [-0.3, -0.25) is 4.79 Å². The normalized spacial score (nSPS) is 16.6. The third-order valence-electron chi connectivity index (χ3n) is 4.92. The Balaban J connectivity index is 1.58. The fourth-order valence-corrected chi connectivity index (χ4v) is 3.26. The number of carbonyl (C=O) groups excluding carboxylic acids is 1. The molecular formula is C23H27F3N4O2. The van der Waals surface area contributed by atoms with Crippen molar-refractivity contribution in [2.75, 3.05) is 18.5 Å². The van der Waals surface area contributed by atoms with Crippen molar-refractivity contribution in [3.05, 3.63) is 65.2 Å². The largest absolute Gasteiger partial charge is 0.416 e. The van der Waals surface area contributed by atoms with Crippen molar-refractivity contribution in [1.29, 1.82) is 0 Å². The molecule has 2 aromatic rings. The van der Waals surface area contributed by atoms with Gasteiger partial charge in [-0.2, -0.15) is 13.2 Å². The summed E-state index contributed by atoms with van der Waals surface area (Å²) in [6, 6.07) is 12.4. The Hall–Kier alpha value is -3.07. The average molecular weight is 448 g/mol. The van der Waals surface area contributed by atoms with Crippen LogP contribution in [0.2, 0.25) is 0 Å². The van der Waals surface area contributed by atoms with E-state index in [1.807, 2.05) is 31.2 Å². The number of guanidine groups is 1. The zero-order valence-electron chi connectivity index (χ0n) is 17.8. The number of ether oxygens (including phenoxy) is 1. The van der Waals surface area contributed by atoms with E-state index in [4.69, 9.17) is 4.74 Å². The summed E-state index contributed by atoms with van der Waals surface area (Å²) in [5, 5.41) is 9.11. The lowest BCUT2D eigenvalue weighted by Gasteiger charge is -2.13. The summed E-state index contributed by atoms with van der Waals surface area (Å²) in [4.78, 5) is 16.8. The summed E-state index contributed by atoms with van der Waals surface area (Å²) >= 11 is 0. The number of hydrogen-bond donors (Lipinski definition) is 3. The van der Waals surface area contributed by atoms with E-state index in [1.165, 1.54) is 12.1 Å². The van der Waals surface area contributed by atoms with Crippen molar-refractivity contribution >= 4 is 17.6 Å². The first-order valence-electron chi connectivity index (χ1n) is 10.5. The standard InChI is InChI=1S/C23H27F3N4O2/c1-2-27-22(28-14-16-8-10-18(11-9-16)23(24,25)26)29-15-17-5-3-6-19(13-17)30-21(31)20-7-4-12-32-20/h3,5-6,8-11,13,20H,2,4,7,12,14-15H2,1H3,(H,30,31)(H2,27,28,29). The van der Waals surface area contributed by atoms with Gasteiger partial charge >= 0.3 is 6.18 Å². The van der Waals surface area contributed by atoms with Crippen molar-refractivity contribution in [2.45, 2.75) is 45.1 Å². The highest BCUT2D eigenvalue weighted by Gasteiger charge is 2.29. The number of hydrogen-bond acceptors (Lipinski definition) is 3. The summed E-state index contributed by atoms with van der Waals surface area (Å²) in [6.07, 6.45) is -3.13. The van der Waals surface area contributed by atoms with Gasteiger partial charge in [0.15, 0.2) is 5.96 Å². The molecule has 9 heteroatoms. The summed E-state index contributed by atoms with van der Waals surface area (Å²) in [5.74, 6) is 0.399. The second-order valence-corrected chi connectivity index (χ2v) is 7.43. The van der Waals surface area contributed by atoms with Crippen LogP contribution in [-0.2, 0) is 28.8 Å². The summed E-state index contributed by atoms with van der Waals surface area (Å²) < 4.78 is 43.5. The zero-order valence-corrected chi connectivity index (χ0v) is 17.8. The van der Waals surface area contributed by atoms with E-state index in [-0.39, 0.29) is 5.91 Å². The van der Waals surface area contributed by atoms with E-state index in [0.29, 0.717) is 43.5 Å². The molecule has 1 saturated heterocycles. The van der Waals surface area contributed by atoms with Crippen LogP contribution >= 0.6 is 0 Å². The molecule has 3 rings (SSSR count). The van der Waals surface area contributed by atoms with Crippen LogP contribution < -0.4 is 16.0 Å². The number of nitrogens with one attached hydrogen (secondary N) is 3. The van der Waals surface area contributed by atoms with Crippen LogP contribution in [0.15, 0.2) is 53.5 Å². The van der Waals surface area contributed by atoms with Gasteiger partial charge in [0.25, 0.3) is 5.91 Å². The molecular weight excluding hydrogens is 421 g/mol. The Morgan fingerprint density at radius 2 is 1.91 bits per heavy atom. The quantitative estimate of drug-likeness (QED) is 0.441. The molecule has 1 fully saturated rings. The smallest absolute Gasteiger partial charge is 0.368 e. The van der Waals surface area contributed by atoms with Gasteiger partial charge in [0.05, 0.1) is 12.1 Å². The van der Waals surface area contributed by atoms with Gasteiger partial charge in [-0.25, -0.2) is 4.99 Å². The number of amides is 1. The van der Waals surface area contributed by atoms with Crippen LogP contribution in [0.25, 0.3) is 0 Å². The topological polar surface area (TPSA) is 74.8 Å². The molecule has 2 aromatic carbocycles.